The van der Waals surface area contributed by atoms with Crippen LogP contribution in [-0.4, -0.2) is 21.8 Å². The second-order valence-electron chi connectivity index (χ2n) is 4.94. The van der Waals surface area contributed by atoms with Gasteiger partial charge in [-0.2, -0.15) is 0 Å². The fraction of sp³-hybridized carbons (Fsp3) is 0.0625. The Bertz CT molecular complexity index is 861. The van der Waals surface area contributed by atoms with Gasteiger partial charge >= 0.3 is 0 Å². The average molecular weight is 329 g/mol. The number of carbonyl (C=O) groups is 2. The van der Waals surface area contributed by atoms with Gasteiger partial charge in [0, 0.05) is 5.39 Å². The van der Waals surface area contributed by atoms with E-state index in [0.717, 1.165) is 10.9 Å². The Kier molecular flexibility index (Phi) is 4.25. The molecule has 2 aromatic heterocycles. The van der Waals surface area contributed by atoms with Crippen LogP contribution in [0, 0.1) is 0 Å². The van der Waals surface area contributed by atoms with E-state index in [-0.39, 0.29) is 12.3 Å². The number of hydrogen-bond donors (Lipinski definition) is 3. The predicted octanol–water partition coefficient (Wildman–Crippen LogP) is 2.22. The van der Waals surface area contributed by atoms with Gasteiger partial charge in [0.2, 0.25) is 5.91 Å². The van der Waals surface area contributed by atoms with E-state index in [1.54, 1.807) is 18.3 Å². The predicted molar refractivity (Wildman–Crippen MR) is 86.9 cm³/mol. The van der Waals surface area contributed by atoms with E-state index in [0.29, 0.717) is 16.4 Å². The van der Waals surface area contributed by atoms with Crippen LogP contribution in [-0.2, 0) is 11.2 Å². The lowest BCUT2D eigenvalue weighted by atomic mass is 10.1. The van der Waals surface area contributed by atoms with Crippen LogP contribution in [0.2, 0.25) is 5.15 Å². The van der Waals surface area contributed by atoms with Crippen molar-refractivity contribution in [1.82, 2.24) is 20.8 Å². The highest BCUT2D eigenvalue weighted by Crippen LogP contribution is 2.17. The summed E-state index contributed by atoms with van der Waals surface area (Å²) in [6.45, 7) is 0. The normalized spacial score (nSPS) is 10.5. The van der Waals surface area contributed by atoms with E-state index < -0.39 is 5.91 Å². The molecule has 0 unspecified atom stereocenters. The van der Waals surface area contributed by atoms with E-state index in [2.05, 4.69) is 20.8 Å². The molecule has 1 aromatic carbocycles. The Morgan fingerprint density at radius 1 is 1.13 bits per heavy atom. The Morgan fingerprint density at radius 2 is 1.91 bits per heavy atom. The maximum absolute atomic E-state index is 12.0. The van der Waals surface area contributed by atoms with Crippen molar-refractivity contribution in [2.45, 2.75) is 6.42 Å². The summed E-state index contributed by atoms with van der Waals surface area (Å²) < 4.78 is 0. The van der Waals surface area contributed by atoms with Gasteiger partial charge in [0.25, 0.3) is 5.91 Å². The van der Waals surface area contributed by atoms with Gasteiger partial charge in [0.05, 0.1) is 18.1 Å². The van der Waals surface area contributed by atoms with Crippen LogP contribution in [0.1, 0.15) is 16.1 Å². The highest BCUT2D eigenvalue weighted by molar-refractivity contribution is 6.30. The van der Waals surface area contributed by atoms with E-state index >= 15 is 0 Å². The molecule has 0 fully saturated rings. The largest absolute Gasteiger partial charge is 0.349 e. The molecular formula is C16H13ClN4O2. The number of H-pyrrole nitrogens is 1. The van der Waals surface area contributed by atoms with Gasteiger partial charge in [-0.05, 0) is 17.7 Å². The van der Waals surface area contributed by atoms with Crippen LogP contribution in [0.25, 0.3) is 10.9 Å². The first-order chi connectivity index (χ1) is 11.1. The van der Waals surface area contributed by atoms with Gasteiger partial charge < -0.3 is 4.98 Å². The molecule has 0 aliphatic rings. The topological polar surface area (TPSA) is 86.9 Å². The van der Waals surface area contributed by atoms with Gasteiger partial charge in [-0.15, -0.1) is 0 Å². The Balaban J connectivity index is 1.61. The minimum atomic E-state index is -0.446. The standard InChI is InChI=1S/C16H13ClN4O2/c17-14-8-11-7-12(19-13(11)9-18-14)16(23)21-20-15(22)6-10-4-2-1-3-5-10/h1-5,7-9,19H,6H2,(H,20,22)(H,21,23). The van der Waals surface area contributed by atoms with Crippen molar-refractivity contribution < 1.29 is 9.59 Å². The maximum atomic E-state index is 12.0. The highest BCUT2D eigenvalue weighted by Gasteiger charge is 2.11. The summed E-state index contributed by atoms with van der Waals surface area (Å²) >= 11 is 5.80. The van der Waals surface area contributed by atoms with Crippen molar-refractivity contribution in [2.24, 2.45) is 0 Å². The fourth-order valence-corrected chi connectivity index (χ4v) is 2.31. The van der Waals surface area contributed by atoms with E-state index in [9.17, 15) is 9.59 Å². The fourth-order valence-electron chi connectivity index (χ4n) is 2.15. The first kappa shape index (κ1) is 15.1. The van der Waals surface area contributed by atoms with Crippen LogP contribution in [0.3, 0.4) is 0 Å². The minimum Gasteiger partial charge on any atom is -0.349 e. The molecule has 3 N–H and O–H groups in total. The molecule has 0 saturated carbocycles. The molecule has 116 valence electrons. The number of carbonyl (C=O) groups excluding carboxylic acids is 2. The highest BCUT2D eigenvalue weighted by atomic mass is 35.5. The molecule has 0 spiro atoms. The van der Waals surface area contributed by atoms with Crippen molar-refractivity contribution in [3.63, 3.8) is 0 Å². The number of rotatable bonds is 3. The molecule has 2 amide bonds. The molecule has 23 heavy (non-hydrogen) atoms. The molecular weight excluding hydrogens is 316 g/mol. The lowest BCUT2D eigenvalue weighted by Crippen LogP contribution is -2.42. The molecule has 0 bridgehead atoms. The van der Waals surface area contributed by atoms with E-state index in [1.165, 1.54) is 0 Å². The van der Waals surface area contributed by atoms with Gasteiger partial charge in [0.1, 0.15) is 10.8 Å². The third-order valence-corrected chi connectivity index (χ3v) is 3.45. The summed E-state index contributed by atoms with van der Waals surface area (Å²) in [6.07, 6.45) is 1.73. The lowest BCUT2D eigenvalue weighted by Gasteiger charge is -2.06. The van der Waals surface area contributed by atoms with E-state index in [1.807, 2.05) is 30.3 Å². The first-order valence-electron chi connectivity index (χ1n) is 6.89. The average Bonchev–Trinajstić information content (AvgIpc) is 2.96. The zero-order valence-electron chi connectivity index (χ0n) is 12.0. The molecule has 7 heteroatoms. The number of fused-ring (bicyclic) bond motifs is 1. The lowest BCUT2D eigenvalue weighted by molar-refractivity contribution is -0.121. The number of benzene rings is 1. The molecule has 3 aromatic rings. The summed E-state index contributed by atoms with van der Waals surface area (Å²) in [5.41, 5.74) is 6.62. The number of pyridine rings is 1. The number of hydrazine groups is 1. The summed E-state index contributed by atoms with van der Waals surface area (Å²) in [5, 5.41) is 1.12. The molecule has 0 aliphatic heterocycles. The third-order valence-electron chi connectivity index (χ3n) is 3.24. The number of amides is 2. The Labute approximate surface area is 136 Å². The number of aromatic amines is 1. The number of aromatic nitrogens is 2. The monoisotopic (exact) mass is 328 g/mol. The SMILES string of the molecule is O=C(Cc1ccccc1)NNC(=O)c1cc2cc(Cl)ncc2[nH]1. The van der Waals surface area contributed by atoms with Crippen molar-refractivity contribution >= 4 is 34.3 Å². The van der Waals surface area contributed by atoms with E-state index in [4.69, 9.17) is 11.6 Å². The third kappa shape index (κ3) is 3.67. The van der Waals surface area contributed by atoms with Gasteiger partial charge in [-0.3, -0.25) is 20.4 Å². The summed E-state index contributed by atoms with van der Waals surface area (Å²) in [5.74, 6) is -0.746. The Hall–Kier alpha value is -2.86. The summed E-state index contributed by atoms with van der Waals surface area (Å²) in [4.78, 5) is 30.7. The zero-order chi connectivity index (χ0) is 16.2. The van der Waals surface area contributed by atoms with Crippen LogP contribution < -0.4 is 10.9 Å². The summed E-state index contributed by atoms with van der Waals surface area (Å²) in [7, 11) is 0. The quantitative estimate of drug-likeness (QED) is 0.509. The van der Waals surface area contributed by atoms with Gasteiger partial charge in [0.15, 0.2) is 0 Å². The number of hydrogen-bond acceptors (Lipinski definition) is 3. The van der Waals surface area contributed by atoms with Crippen LogP contribution in [0.15, 0.2) is 48.7 Å². The van der Waals surface area contributed by atoms with Crippen LogP contribution in [0.4, 0.5) is 0 Å². The number of halogens is 1. The van der Waals surface area contributed by atoms with Crippen molar-refractivity contribution in [3.05, 3.63) is 65.1 Å². The molecule has 0 radical (unpaired) electrons. The van der Waals surface area contributed by atoms with Crippen LogP contribution >= 0.6 is 11.6 Å². The van der Waals surface area contributed by atoms with Crippen molar-refractivity contribution in [2.75, 3.05) is 0 Å². The maximum Gasteiger partial charge on any atom is 0.286 e. The van der Waals surface area contributed by atoms with Crippen LogP contribution in [0.5, 0.6) is 0 Å². The minimum absolute atomic E-state index is 0.188. The Morgan fingerprint density at radius 3 is 2.70 bits per heavy atom. The zero-order valence-corrected chi connectivity index (χ0v) is 12.7. The van der Waals surface area contributed by atoms with Gasteiger partial charge in [-0.25, -0.2) is 4.98 Å². The van der Waals surface area contributed by atoms with Crippen molar-refractivity contribution in [3.8, 4) is 0 Å². The van der Waals surface area contributed by atoms with Crippen molar-refractivity contribution in [1.29, 1.82) is 0 Å². The van der Waals surface area contributed by atoms with Gasteiger partial charge in [-0.1, -0.05) is 41.9 Å². The first-order valence-corrected chi connectivity index (χ1v) is 7.27. The molecule has 6 nitrogen and oxygen atoms in total. The number of nitrogens with one attached hydrogen (secondary N) is 3. The smallest absolute Gasteiger partial charge is 0.286 e. The number of nitrogens with zero attached hydrogens (tertiary/aromatic N) is 1. The summed E-state index contributed by atoms with van der Waals surface area (Å²) in [6, 6.07) is 12.6. The molecule has 3 rings (SSSR count). The molecule has 0 aliphatic carbocycles. The molecule has 2 heterocycles. The second-order valence-corrected chi connectivity index (χ2v) is 5.33. The molecule has 0 saturated heterocycles. The molecule has 0 atom stereocenters. The second kappa shape index (κ2) is 6.50.